The van der Waals surface area contributed by atoms with E-state index in [2.05, 4.69) is 16.8 Å². The third-order valence-electron chi connectivity index (χ3n) is 3.54. The van der Waals surface area contributed by atoms with E-state index in [0.717, 1.165) is 32.0 Å². The first kappa shape index (κ1) is 15.0. The Morgan fingerprint density at radius 3 is 2.85 bits per heavy atom. The Bertz CT molecular complexity index is 488. The molecule has 3 nitrogen and oxygen atoms in total. The number of likely N-dealkylation sites (tertiary alicyclic amines) is 1. The van der Waals surface area contributed by atoms with Crippen molar-refractivity contribution in [3.8, 4) is 0 Å². The van der Waals surface area contributed by atoms with E-state index in [1.54, 1.807) is 0 Å². The number of halogens is 3. The number of piperidine rings is 1. The molecule has 0 saturated carbocycles. The molecule has 1 aromatic rings. The zero-order valence-electron chi connectivity index (χ0n) is 11.3. The lowest BCUT2D eigenvalue weighted by Crippen LogP contribution is -2.33. The fourth-order valence-corrected chi connectivity index (χ4v) is 2.61. The Hall–Kier alpha value is -1.43. The highest BCUT2D eigenvalue weighted by molar-refractivity contribution is 5.74. The number of pyridine rings is 1. The fourth-order valence-electron chi connectivity index (χ4n) is 2.61. The molecule has 0 amide bonds. The highest BCUT2D eigenvalue weighted by atomic mass is 19.4. The van der Waals surface area contributed by atoms with Crippen molar-refractivity contribution < 1.29 is 18.0 Å². The van der Waals surface area contributed by atoms with E-state index < -0.39 is 17.4 Å². The molecule has 0 aliphatic carbocycles. The molecule has 110 valence electrons. The SMILES string of the molecule is C[C@@H]1CCCN(Cc2cnc(C=O)c(C(F)(F)F)c2)C1. The molecule has 1 aliphatic rings. The molecule has 1 fully saturated rings. The Kier molecular flexibility index (Phi) is 4.42. The third kappa shape index (κ3) is 3.56. The van der Waals surface area contributed by atoms with E-state index in [1.807, 2.05) is 0 Å². The highest BCUT2D eigenvalue weighted by Gasteiger charge is 2.34. The standard InChI is InChI=1S/C14H17F3N2O/c1-10-3-2-4-19(7-10)8-11-5-12(14(15,16)17)13(9-20)18-6-11/h5-6,9-10H,2-4,7-8H2,1H3/t10-/m1/s1. The van der Waals surface area contributed by atoms with Crippen LogP contribution in [0.3, 0.4) is 0 Å². The van der Waals surface area contributed by atoms with Crippen molar-refractivity contribution in [2.75, 3.05) is 13.1 Å². The third-order valence-corrected chi connectivity index (χ3v) is 3.54. The van der Waals surface area contributed by atoms with Crippen LogP contribution in [0.2, 0.25) is 0 Å². The molecular weight excluding hydrogens is 269 g/mol. The molecule has 0 N–H and O–H groups in total. The second-order valence-electron chi connectivity index (χ2n) is 5.37. The van der Waals surface area contributed by atoms with Crippen LogP contribution in [0.1, 0.15) is 41.4 Å². The van der Waals surface area contributed by atoms with E-state index in [-0.39, 0.29) is 6.29 Å². The van der Waals surface area contributed by atoms with Crippen LogP contribution >= 0.6 is 0 Å². The molecule has 0 unspecified atom stereocenters. The lowest BCUT2D eigenvalue weighted by Gasteiger charge is -2.30. The minimum Gasteiger partial charge on any atom is -0.299 e. The summed E-state index contributed by atoms with van der Waals surface area (Å²) in [6, 6.07) is 1.04. The highest BCUT2D eigenvalue weighted by Crippen LogP contribution is 2.31. The summed E-state index contributed by atoms with van der Waals surface area (Å²) in [6.45, 7) is 4.36. The fraction of sp³-hybridized carbons (Fsp3) is 0.571. The summed E-state index contributed by atoms with van der Waals surface area (Å²) >= 11 is 0. The van der Waals surface area contributed by atoms with Crippen molar-refractivity contribution in [1.82, 2.24) is 9.88 Å². The Balaban J connectivity index is 2.18. The molecule has 0 bridgehead atoms. The molecule has 2 heterocycles. The van der Waals surface area contributed by atoms with Crippen molar-refractivity contribution in [2.24, 2.45) is 5.92 Å². The average Bonchev–Trinajstić information content (AvgIpc) is 2.37. The number of rotatable bonds is 3. The van der Waals surface area contributed by atoms with E-state index in [9.17, 15) is 18.0 Å². The molecule has 0 spiro atoms. The Labute approximate surface area is 115 Å². The number of aldehydes is 1. The number of carbonyl (C=O) groups excluding carboxylic acids is 1. The monoisotopic (exact) mass is 286 g/mol. The molecular formula is C14H17F3N2O. The van der Waals surface area contributed by atoms with Crippen LogP contribution in [0.25, 0.3) is 0 Å². The van der Waals surface area contributed by atoms with Gasteiger partial charge in [0.15, 0.2) is 6.29 Å². The minimum atomic E-state index is -4.55. The number of alkyl halides is 3. The van der Waals surface area contributed by atoms with Gasteiger partial charge in [0.05, 0.1) is 5.56 Å². The number of aromatic nitrogens is 1. The minimum absolute atomic E-state index is 0.148. The van der Waals surface area contributed by atoms with Gasteiger partial charge in [-0.1, -0.05) is 6.92 Å². The van der Waals surface area contributed by atoms with E-state index >= 15 is 0 Å². The summed E-state index contributed by atoms with van der Waals surface area (Å²) in [5, 5.41) is 0. The Morgan fingerprint density at radius 1 is 1.50 bits per heavy atom. The molecule has 1 saturated heterocycles. The summed E-state index contributed by atoms with van der Waals surface area (Å²) in [4.78, 5) is 16.4. The smallest absolute Gasteiger partial charge is 0.299 e. The molecule has 2 rings (SSSR count). The van der Waals surface area contributed by atoms with Crippen molar-refractivity contribution in [3.05, 3.63) is 29.1 Å². The van der Waals surface area contributed by atoms with Gasteiger partial charge < -0.3 is 0 Å². The molecule has 20 heavy (non-hydrogen) atoms. The second-order valence-corrected chi connectivity index (χ2v) is 5.37. The van der Waals surface area contributed by atoms with Gasteiger partial charge >= 0.3 is 6.18 Å². The van der Waals surface area contributed by atoms with Crippen LogP contribution < -0.4 is 0 Å². The van der Waals surface area contributed by atoms with Gasteiger partial charge in [0.25, 0.3) is 0 Å². The van der Waals surface area contributed by atoms with Gasteiger partial charge in [-0.05, 0) is 36.9 Å². The van der Waals surface area contributed by atoms with Crippen LogP contribution in [0, 0.1) is 5.92 Å². The maximum absolute atomic E-state index is 12.8. The number of hydrogen-bond donors (Lipinski definition) is 0. The maximum Gasteiger partial charge on any atom is 0.418 e. The largest absolute Gasteiger partial charge is 0.418 e. The maximum atomic E-state index is 12.8. The van der Waals surface area contributed by atoms with E-state index in [1.165, 1.54) is 6.20 Å². The van der Waals surface area contributed by atoms with Crippen molar-refractivity contribution in [1.29, 1.82) is 0 Å². The van der Waals surface area contributed by atoms with E-state index in [4.69, 9.17) is 0 Å². The number of carbonyl (C=O) groups is 1. The molecule has 6 heteroatoms. The zero-order valence-corrected chi connectivity index (χ0v) is 11.3. The Morgan fingerprint density at radius 2 is 2.25 bits per heavy atom. The van der Waals surface area contributed by atoms with Gasteiger partial charge in [-0.25, -0.2) is 0 Å². The first-order valence-corrected chi connectivity index (χ1v) is 6.64. The van der Waals surface area contributed by atoms with Crippen molar-refractivity contribution in [2.45, 2.75) is 32.5 Å². The summed E-state index contributed by atoms with van der Waals surface area (Å²) in [7, 11) is 0. The molecule has 0 aromatic carbocycles. The van der Waals surface area contributed by atoms with Gasteiger partial charge in [-0.2, -0.15) is 13.2 Å². The number of hydrogen-bond acceptors (Lipinski definition) is 3. The average molecular weight is 286 g/mol. The van der Waals surface area contributed by atoms with E-state index in [0.29, 0.717) is 18.0 Å². The van der Waals surface area contributed by atoms with Crippen molar-refractivity contribution in [3.63, 3.8) is 0 Å². The lowest BCUT2D eigenvalue weighted by molar-refractivity contribution is -0.138. The quantitative estimate of drug-likeness (QED) is 0.800. The van der Waals surface area contributed by atoms with Crippen LogP contribution in [-0.2, 0) is 12.7 Å². The van der Waals surface area contributed by atoms with Gasteiger partial charge in [-0.15, -0.1) is 0 Å². The summed E-state index contributed by atoms with van der Waals surface area (Å²) < 4.78 is 38.5. The first-order valence-electron chi connectivity index (χ1n) is 6.64. The van der Waals surface area contributed by atoms with Gasteiger partial charge in [0, 0.05) is 19.3 Å². The number of nitrogens with zero attached hydrogens (tertiary/aromatic N) is 2. The second kappa shape index (κ2) is 5.91. The summed E-state index contributed by atoms with van der Waals surface area (Å²) in [5.41, 5.74) is -1.000. The predicted molar refractivity (Wildman–Crippen MR) is 68.3 cm³/mol. The summed E-state index contributed by atoms with van der Waals surface area (Å²) in [6.07, 6.45) is -0.817. The van der Waals surface area contributed by atoms with Gasteiger partial charge in [-0.3, -0.25) is 14.7 Å². The first-order chi connectivity index (χ1) is 9.40. The van der Waals surface area contributed by atoms with Crippen LogP contribution in [0.5, 0.6) is 0 Å². The zero-order chi connectivity index (χ0) is 14.8. The van der Waals surface area contributed by atoms with Crippen molar-refractivity contribution >= 4 is 6.29 Å². The van der Waals surface area contributed by atoms with Gasteiger partial charge in [0.2, 0.25) is 0 Å². The van der Waals surface area contributed by atoms with Gasteiger partial charge in [0.1, 0.15) is 5.69 Å². The van der Waals surface area contributed by atoms with Crippen LogP contribution in [-0.4, -0.2) is 29.3 Å². The molecule has 0 radical (unpaired) electrons. The van der Waals surface area contributed by atoms with Crippen LogP contribution in [0.4, 0.5) is 13.2 Å². The predicted octanol–water partition coefficient (Wildman–Crippen LogP) is 3.14. The summed E-state index contributed by atoms with van der Waals surface area (Å²) in [5.74, 6) is 0.563. The lowest BCUT2D eigenvalue weighted by atomic mass is 10.00. The normalized spacial score (nSPS) is 20.9. The molecule has 1 atom stereocenters. The molecule has 1 aromatic heterocycles. The van der Waals surface area contributed by atoms with Crippen LogP contribution in [0.15, 0.2) is 12.3 Å². The topological polar surface area (TPSA) is 33.2 Å². The molecule has 1 aliphatic heterocycles.